The largest absolute Gasteiger partial charge is 0.366 e. The fourth-order valence-corrected chi connectivity index (χ4v) is 3.99. The number of aromatic nitrogens is 3. The molecule has 0 fully saturated rings. The van der Waals surface area contributed by atoms with Crippen LogP contribution in [0.3, 0.4) is 0 Å². The predicted molar refractivity (Wildman–Crippen MR) is 115 cm³/mol. The van der Waals surface area contributed by atoms with Crippen molar-refractivity contribution < 1.29 is 9.59 Å². The topological polar surface area (TPSA) is 105 Å². The average Bonchev–Trinajstić information content (AvgIpc) is 3.27. The molecule has 0 spiro atoms. The summed E-state index contributed by atoms with van der Waals surface area (Å²) in [6.45, 7) is 6.17. The monoisotopic (exact) mass is 397 g/mol. The summed E-state index contributed by atoms with van der Waals surface area (Å²) in [5, 5.41) is 10.3. The molecule has 1 aliphatic heterocycles. The second-order valence-corrected chi connectivity index (χ2v) is 7.58. The van der Waals surface area contributed by atoms with E-state index in [0.29, 0.717) is 12.1 Å². The van der Waals surface area contributed by atoms with E-state index in [1.807, 2.05) is 37.3 Å². The van der Waals surface area contributed by atoms with Gasteiger partial charge in [0.15, 0.2) is 0 Å². The lowest BCUT2D eigenvalue weighted by molar-refractivity contribution is -0.114. The number of nitrogens with zero attached hydrogens (tertiary/aromatic N) is 3. The van der Waals surface area contributed by atoms with Gasteiger partial charge >= 0.3 is 0 Å². The molecule has 0 bridgehead atoms. The standard InChI is InChI=1S/C23H19N5O2/c1-12(22(24)29)10-28-11-19-16(23(28)30)6-5-14-3-4-15(7-18(14)19)20-8-17-13(2)26-27-21(17)9-25-20/h3-9H,1,10-11H2,2H3,(H2,24,29)(H,26,27). The third-order valence-corrected chi connectivity index (χ3v) is 5.66. The molecule has 2 aromatic carbocycles. The zero-order chi connectivity index (χ0) is 21.0. The number of rotatable bonds is 4. The molecule has 0 radical (unpaired) electrons. The van der Waals surface area contributed by atoms with Gasteiger partial charge in [-0.1, -0.05) is 24.8 Å². The Morgan fingerprint density at radius 1 is 1.23 bits per heavy atom. The van der Waals surface area contributed by atoms with Gasteiger partial charge in [-0.2, -0.15) is 5.10 Å². The number of primary amides is 1. The minimum Gasteiger partial charge on any atom is -0.366 e. The second-order valence-electron chi connectivity index (χ2n) is 7.58. The molecule has 148 valence electrons. The quantitative estimate of drug-likeness (QED) is 0.516. The third kappa shape index (κ3) is 2.75. The summed E-state index contributed by atoms with van der Waals surface area (Å²) in [5.74, 6) is -0.713. The smallest absolute Gasteiger partial charge is 0.254 e. The van der Waals surface area contributed by atoms with Crippen LogP contribution < -0.4 is 5.73 Å². The molecule has 2 amide bonds. The number of carbonyl (C=O) groups excluding carboxylic acids is 2. The van der Waals surface area contributed by atoms with Crippen molar-refractivity contribution in [1.29, 1.82) is 0 Å². The van der Waals surface area contributed by atoms with Crippen molar-refractivity contribution in [2.24, 2.45) is 5.73 Å². The van der Waals surface area contributed by atoms with E-state index >= 15 is 0 Å². The van der Waals surface area contributed by atoms with E-state index < -0.39 is 5.91 Å². The number of aromatic amines is 1. The maximum atomic E-state index is 12.8. The van der Waals surface area contributed by atoms with Gasteiger partial charge in [0.1, 0.15) is 0 Å². The first-order chi connectivity index (χ1) is 14.4. The van der Waals surface area contributed by atoms with Crippen LogP contribution in [0.2, 0.25) is 0 Å². The lowest BCUT2D eigenvalue weighted by Crippen LogP contribution is -2.30. The Labute approximate surface area is 172 Å². The maximum Gasteiger partial charge on any atom is 0.254 e. The molecular weight excluding hydrogens is 378 g/mol. The lowest BCUT2D eigenvalue weighted by atomic mass is 9.97. The summed E-state index contributed by atoms with van der Waals surface area (Å²) in [5.41, 5.74) is 10.7. The Hall–Kier alpha value is -4.00. The van der Waals surface area contributed by atoms with E-state index in [0.717, 1.165) is 44.2 Å². The van der Waals surface area contributed by atoms with Gasteiger partial charge < -0.3 is 10.6 Å². The van der Waals surface area contributed by atoms with Crippen LogP contribution in [-0.4, -0.2) is 38.4 Å². The van der Waals surface area contributed by atoms with Crippen molar-refractivity contribution in [3.63, 3.8) is 0 Å². The highest BCUT2D eigenvalue weighted by Gasteiger charge is 2.29. The first kappa shape index (κ1) is 18.1. The number of hydrogen-bond donors (Lipinski definition) is 2. The minimum atomic E-state index is -0.595. The van der Waals surface area contributed by atoms with Crippen molar-refractivity contribution in [1.82, 2.24) is 20.1 Å². The van der Waals surface area contributed by atoms with E-state index in [1.165, 1.54) is 0 Å². The van der Waals surface area contributed by atoms with Gasteiger partial charge in [-0.05, 0) is 41.5 Å². The summed E-state index contributed by atoms with van der Waals surface area (Å²) in [4.78, 5) is 30.3. The number of hydrogen-bond acceptors (Lipinski definition) is 4. The summed E-state index contributed by atoms with van der Waals surface area (Å²) in [7, 11) is 0. The first-order valence-corrected chi connectivity index (χ1v) is 9.56. The predicted octanol–water partition coefficient (Wildman–Crippen LogP) is 3.08. The highest BCUT2D eigenvalue weighted by atomic mass is 16.2. The van der Waals surface area contributed by atoms with Crippen molar-refractivity contribution >= 4 is 33.5 Å². The van der Waals surface area contributed by atoms with E-state index in [2.05, 4.69) is 27.8 Å². The summed E-state index contributed by atoms with van der Waals surface area (Å²) in [6, 6.07) is 11.9. The molecule has 1 aliphatic rings. The molecule has 7 nitrogen and oxygen atoms in total. The molecule has 4 aromatic rings. The number of carbonyl (C=O) groups is 2. The number of nitrogens with two attached hydrogens (primary N) is 1. The zero-order valence-electron chi connectivity index (χ0n) is 16.4. The van der Waals surface area contributed by atoms with E-state index in [1.54, 1.807) is 11.1 Å². The van der Waals surface area contributed by atoms with Crippen molar-refractivity contribution in [2.45, 2.75) is 13.5 Å². The molecule has 3 heterocycles. The van der Waals surface area contributed by atoms with Crippen LogP contribution >= 0.6 is 0 Å². The maximum absolute atomic E-state index is 12.8. The molecule has 0 aliphatic carbocycles. The Morgan fingerprint density at radius 2 is 2.03 bits per heavy atom. The van der Waals surface area contributed by atoms with Crippen LogP contribution in [0.1, 0.15) is 21.6 Å². The van der Waals surface area contributed by atoms with Crippen molar-refractivity contribution in [3.8, 4) is 11.3 Å². The Bertz CT molecular complexity index is 1390. The normalized spacial score (nSPS) is 13.2. The number of pyridine rings is 1. The molecule has 3 N–H and O–H groups in total. The summed E-state index contributed by atoms with van der Waals surface area (Å²) >= 11 is 0. The Morgan fingerprint density at radius 3 is 2.83 bits per heavy atom. The van der Waals surface area contributed by atoms with Crippen LogP contribution in [0.25, 0.3) is 32.9 Å². The van der Waals surface area contributed by atoms with Crippen LogP contribution in [0.5, 0.6) is 0 Å². The number of aryl methyl sites for hydroxylation is 1. The molecule has 7 heteroatoms. The molecule has 30 heavy (non-hydrogen) atoms. The van der Waals surface area contributed by atoms with Crippen LogP contribution in [0.4, 0.5) is 0 Å². The highest BCUT2D eigenvalue weighted by Crippen LogP contribution is 2.33. The lowest BCUT2D eigenvalue weighted by Gasteiger charge is -2.15. The van der Waals surface area contributed by atoms with Gasteiger partial charge in [-0.25, -0.2) is 0 Å². The van der Waals surface area contributed by atoms with Crippen molar-refractivity contribution in [3.05, 3.63) is 71.6 Å². The fraction of sp³-hybridized carbons (Fsp3) is 0.130. The number of benzene rings is 2. The summed E-state index contributed by atoms with van der Waals surface area (Å²) < 4.78 is 0. The van der Waals surface area contributed by atoms with Crippen LogP contribution in [0, 0.1) is 6.92 Å². The van der Waals surface area contributed by atoms with Crippen molar-refractivity contribution in [2.75, 3.05) is 6.54 Å². The zero-order valence-corrected chi connectivity index (χ0v) is 16.4. The second kappa shape index (κ2) is 6.52. The summed E-state index contributed by atoms with van der Waals surface area (Å²) in [6.07, 6.45) is 1.78. The molecule has 0 atom stereocenters. The number of H-pyrrole nitrogens is 1. The SMILES string of the molecule is C=C(CN1Cc2c(ccc3ccc(-c4cc5c(C)n[nH]c5cn4)cc23)C1=O)C(N)=O. The number of nitrogens with one attached hydrogen (secondary N) is 1. The third-order valence-electron chi connectivity index (χ3n) is 5.66. The van der Waals surface area contributed by atoms with Gasteiger partial charge in [-0.3, -0.25) is 19.7 Å². The molecule has 0 unspecified atom stereocenters. The first-order valence-electron chi connectivity index (χ1n) is 9.56. The van der Waals surface area contributed by atoms with Crippen LogP contribution in [0.15, 0.2) is 54.7 Å². The Kier molecular flexibility index (Phi) is 3.92. The van der Waals surface area contributed by atoms with Gasteiger partial charge in [0.05, 0.1) is 29.6 Å². The Balaban J connectivity index is 1.59. The van der Waals surface area contributed by atoms with Gasteiger partial charge in [0.25, 0.3) is 5.91 Å². The molecule has 2 aromatic heterocycles. The molecule has 0 saturated heterocycles. The van der Waals surface area contributed by atoms with Gasteiger partial charge in [0, 0.05) is 28.6 Å². The molecule has 5 rings (SSSR count). The average molecular weight is 397 g/mol. The number of fused-ring (bicyclic) bond motifs is 4. The van der Waals surface area contributed by atoms with E-state index in [-0.39, 0.29) is 18.0 Å². The molecule has 0 saturated carbocycles. The number of amides is 2. The van der Waals surface area contributed by atoms with Crippen LogP contribution in [-0.2, 0) is 11.3 Å². The van der Waals surface area contributed by atoms with E-state index in [9.17, 15) is 9.59 Å². The fourth-order valence-electron chi connectivity index (χ4n) is 3.99. The van der Waals surface area contributed by atoms with E-state index in [4.69, 9.17) is 5.73 Å². The van der Waals surface area contributed by atoms with Gasteiger partial charge in [-0.15, -0.1) is 0 Å². The molecular formula is C23H19N5O2. The highest BCUT2D eigenvalue weighted by molar-refractivity contribution is 6.05. The van der Waals surface area contributed by atoms with Gasteiger partial charge in [0.2, 0.25) is 5.91 Å². The minimum absolute atomic E-state index is 0.117.